The van der Waals surface area contributed by atoms with Crippen molar-refractivity contribution in [2.45, 2.75) is 36.5 Å². The molecule has 0 aromatic heterocycles. The predicted molar refractivity (Wildman–Crippen MR) is 156 cm³/mol. The number of hydrogen-bond acceptors (Lipinski definition) is 0. The summed E-state index contributed by atoms with van der Waals surface area (Å²) in [5.74, 6) is -12.2. The first kappa shape index (κ1) is 38.5. The van der Waals surface area contributed by atoms with Gasteiger partial charge in [-0.1, -0.05) is 48.6 Å². The Balaban J connectivity index is 1.80. The van der Waals surface area contributed by atoms with E-state index in [1.165, 1.54) is 0 Å². The van der Waals surface area contributed by atoms with E-state index in [1.54, 1.807) is 0 Å². The molecule has 0 unspecified atom stereocenters. The van der Waals surface area contributed by atoms with E-state index in [0.29, 0.717) is 60.7 Å². The smallest absolute Gasteiger partial charge is 0.207 e. The molecule has 0 heterocycles. The first-order valence-electron chi connectivity index (χ1n) is 14.8. The van der Waals surface area contributed by atoms with Gasteiger partial charge < -0.3 is 0 Å². The average Bonchev–Trinajstić information content (AvgIpc) is 3.01. The molecule has 4 aromatic carbocycles. The largest absolute Gasteiger partial charge is 0.417 e. The van der Waals surface area contributed by atoms with Crippen LogP contribution in [0.4, 0.5) is 70.2 Å². The first-order chi connectivity index (χ1) is 24.0. The van der Waals surface area contributed by atoms with Gasteiger partial charge in [-0.15, -0.1) is 0 Å². The minimum Gasteiger partial charge on any atom is -0.207 e. The Kier molecular flexibility index (Phi) is 10.1. The van der Waals surface area contributed by atoms with E-state index in [0.717, 1.165) is 12.2 Å². The SMILES string of the molecule is Fc1ccc(/C=C/C2C(c3ccc(F)cc3C(F)(F)F)C(/C=C/c3ccc(F)cc3C(F)(F)F)C2c2ccc(F)cc2C(F)(F)F)c(C(F)(F)F)c1. The highest BCUT2D eigenvalue weighted by atomic mass is 19.4. The van der Waals surface area contributed by atoms with E-state index < -0.39 is 116 Å². The van der Waals surface area contributed by atoms with Crippen LogP contribution in [0.25, 0.3) is 12.2 Å². The van der Waals surface area contributed by atoms with Crippen molar-refractivity contribution in [1.82, 2.24) is 0 Å². The molecular weight excluding hydrogens is 736 g/mol. The Morgan fingerprint density at radius 2 is 0.635 bits per heavy atom. The van der Waals surface area contributed by atoms with E-state index in [2.05, 4.69) is 0 Å². The molecule has 0 saturated heterocycles. The van der Waals surface area contributed by atoms with Crippen LogP contribution in [-0.2, 0) is 24.7 Å². The predicted octanol–water partition coefficient (Wildman–Crippen LogP) is 12.9. The summed E-state index contributed by atoms with van der Waals surface area (Å²) in [7, 11) is 0. The lowest BCUT2D eigenvalue weighted by atomic mass is 9.51. The third-order valence-electron chi connectivity index (χ3n) is 8.66. The molecule has 52 heavy (non-hydrogen) atoms. The van der Waals surface area contributed by atoms with Crippen LogP contribution >= 0.6 is 0 Å². The van der Waals surface area contributed by atoms with E-state index in [1.807, 2.05) is 0 Å². The van der Waals surface area contributed by atoms with Crippen molar-refractivity contribution in [2.75, 3.05) is 0 Å². The average molecular weight is 757 g/mol. The van der Waals surface area contributed by atoms with Gasteiger partial charge in [0.15, 0.2) is 0 Å². The molecule has 16 heteroatoms. The van der Waals surface area contributed by atoms with Gasteiger partial charge >= 0.3 is 24.7 Å². The Hall–Kier alpha value is -4.76. The Morgan fingerprint density at radius 1 is 0.365 bits per heavy atom. The van der Waals surface area contributed by atoms with Gasteiger partial charge in [-0.2, -0.15) is 52.7 Å². The Labute approximate surface area is 283 Å². The fraction of sp³-hybridized carbons (Fsp3) is 0.222. The minimum absolute atomic E-state index is 0.0622. The maximum atomic E-state index is 14.3. The first-order valence-corrected chi connectivity index (χ1v) is 14.8. The molecule has 5 rings (SSSR count). The Bertz CT molecular complexity index is 1860. The van der Waals surface area contributed by atoms with Crippen LogP contribution in [0.2, 0.25) is 0 Å². The van der Waals surface area contributed by atoms with Crippen LogP contribution in [0.3, 0.4) is 0 Å². The maximum Gasteiger partial charge on any atom is 0.417 e. The number of allylic oxidation sites excluding steroid dienone is 2. The molecule has 0 aliphatic heterocycles. The van der Waals surface area contributed by atoms with Gasteiger partial charge in [0.2, 0.25) is 0 Å². The molecule has 1 saturated carbocycles. The molecule has 276 valence electrons. The van der Waals surface area contributed by atoms with Gasteiger partial charge in [0, 0.05) is 0 Å². The highest BCUT2D eigenvalue weighted by Gasteiger charge is 2.54. The molecule has 0 radical (unpaired) electrons. The van der Waals surface area contributed by atoms with Gasteiger partial charge in [0.05, 0.1) is 22.3 Å². The summed E-state index contributed by atoms with van der Waals surface area (Å²) < 4.78 is 225. The van der Waals surface area contributed by atoms with Crippen molar-refractivity contribution < 1.29 is 70.2 Å². The Morgan fingerprint density at radius 3 is 0.923 bits per heavy atom. The molecule has 0 spiro atoms. The third-order valence-corrected chi connectivity index (χ3v) is 8.66. The van der Waals surface area contributed by atoms with E-state index in [9.17, 15) is 70.2 Å². The molecular formula is C36H20F16. The molecule has 4 aromatic rings. The minimum atomic E-state index is -5.32. The molecule has 1 aliphatic carbocycles. The molecule has 0 nitrogen and oxygen atoms in total. The van der Waals surface area contributed by atoms with Crippen molar-refractivity contribution in [3.05, 3.63) is 153 Å². The molecule has 0 bridgehead atoms. The van der Waals surface area contributed by atoms with Crippen molar-refractivity contribution >= 4 is 12.2 Å². The highest BCUT2D eigenvalue weighted by Crippen LogP contribution is 2.62. The molecule has 0 atom stereocenters. The van der Waals surface area contributed by atoms with E-state index in [-0.39, 0.29) is 24.3 Å². The van der Waals surface area contributed by atoms with Gasteiger partial charge in [-0.05, 0) is 94.5 Å². The number of rotatable bonds is 6. The fourth-order valence-corrected chi connectivity index (χ4v) is 6.52. The zero-order valence-corrected chi connectivity index (χ0v) is 25.6. The van der Waals surface area contributed by atoms with Crippen LogP contribution < -0.4 is 0 Å². The molecule has 0 N–H and O–H groups in total. The summed E-state index contributed by atoms with van der Waals surface area (Å²) in [6, 6.07) is 5.27. The zero-order valence-electron chi connectivity index (χ0n) is 25.6. The van der Waals surface area contributed by atoms with Crippen molar-refractivity contribution in [1.29, 1.82) is 0 Å². The maximum absolute atomic E-state index is 14.3. The number of alkyl halides is 12. The summed E-state index contributed by atoms with van der Waals surface area (Å²) >= 11 is 0. The second-order valence-corrected chi connectivity index (χ2v) is 11.8. The topological polar surface area (TPSA) is 0 Å². The third kappa shape index (κ3) is 7.99. The van der Waals surface area contributed by atoms with Crippen LogP contribution in [-0.4, -0.2) is 0 Å². The lowest BCUT2D eigenvalue weighted by molar-refractivity contribution is -0.140. The van der Waals surface area contributed by atoms with Crippen LogP contribution in [0.15, 0.2) is 84.9 Å². The standard InChI is InChI=1S/C36H20F16/c37-19-5-1-17(27(13-19)33(41,42)43)3-9-25-31(23-11-7-21(39)15-29(23)35(47,48)49)26(10-4-18-2-6-20(38)14-28(18)34(44,45)46)32(25)24-12-8-22(40)16-30(24)36(50,51)52/h1-16,25-26,31-32H/b9-3+,10-4+. The summed E-state index contributed by atoms with van der Waals surface area (Å²) in [5, 5.41) is 0. The zero-order chi connectivity index (χ0) is 38.6. The van der Waals surface area contributed by atoms with Gasteiger partial charge in [-0.25, -0.2) is 17.6 Å². The summed E-state index contributed by atoms with van der Waals surface area (Å²) in [6.45, 7) is 0. The number of halogens is 16. The van der Waals surface area contributed by atoms with E-state index in [4.69, 9.17) is 0 Å². The quantitative estimate of drug-likeness (QED) is 0.172. The second-order valence-electron chi connectivity index (χ2n) is 11.8. The highest BCUT2D eigenvalue weighted by molar-refractivity contribution is 5.60. The molecule has 1 aliphatic rings. The van der Waals surface area contributed by atoms with Crippen LogP contribution in [0, 0.1) is 35.1 Å². The fourth-order valence-electron chi connectivity index (χ4n) is 6.52. The monoisotopic (exact) mass is 756 g/mol. The number of hydrogen-bond donors (Lipinski definition) is 0. The molecule has 1 fully saturated rings. The van der Waals surface area contributed by atoms with Gasteiger partial charge in [-0.3, -0.25) is 0 Å². The van der Waals surface area contributed by atoms with Crippen molar-refractivity contribution in [3.8, 4) is 0 Å². The molecule has 0 amide bonds. The van der Waals surface area contributed by atoms with E-state index >= 15 is 0 Å². The van der Waals surface area contributed by atoms with Crippen LogP contribution in [0.1, 0.15) is 56.3 Å². The van der Waals surface area contributed by atoms with Crippen molar-refractivity contribution in [3.63, 3.8) is 0 Å². The van der Waals surface area contributed by atoms with Crippen molar-refractivity contribution in [2.24, 2.45) is 11.8 Å². The summed E-state index contributed by atoms with van der Waals surface area (Å²) in [6.07, 6.45) is -18.0. The normalized spacial score (nSPS) is 20.2. The van der Waals surface area contributed by atoms with Gasteiger partial charge in [0.25, 0.3) is 0 Å². The lowest BCUT2D eigenvalue weighted by Crippen LogP contribution is -2.43. The van der Waals surface area contributed by atoms with Gasteiger partial charge in [0.1, 0.15) is 23.3 Å². The van der Waals surface area contributed by atoms with Crippen LogP contribution in [0.5, 0.6) is 0 Å². The summed E-state index contributed by atoms with van der Waals surface area (Å²) in [4.78, 5) is 0. The lowest BCUT2D eigenvalue weighted by Gasteiger charge is -2.52. The second kappa shape index (κ2) is 13.7. The summed E-state index contributed by atoms with van der Waals surface area (Å²) in [5.41, 5.74) is -9.46. The number of benzene rings is 4.